The smallest absolute Gasteiger partial charge is 0.337 e. The van der Waals surface area contributed by atoms with Crippen LogP contribution in [0.15, 0.2) is 59.0 Å². The summed E-state index contributed by atoms with van der Waals surface area (Å²) in [6.45, 7) is 2.55. The van der Waals surface area contributed by atoms with Crippen LogP contribution in [-0.2, 0) is 9.47 Å². The van der Waals surface area contributed by atoms with Crippen molar-refractivity contribution >= 4 is 52.2 Å². The third kappa shape index (κ3) is 5.56. The van der Waals surface area contributed by atoms with E-state index in [1.807, 2.05) is 12.1 Å². The number of thiocarbonyl (C=S) groups is 1. The summed E-state index contributed by atoms with van der Waals surface area (Å²) >= 11 is 11.4. The summed E-state index contributed by atoms with van der Waals surface area (Å²) in [6, 6.07) is 15.5. The van der Waals surface area contributed by atoms with Crippen LogP contribution in [-0.4, -0.2) is 50.4 Å². The number of furan rings is 1. The molecule has 0 bridgehead atoms. The van der Waals surface area contributed by atoms with Crippen molar-refractivity contribution in [3.8, 4) is 11.3 Å². The number of benzene rings is 2. The number of esters is 1. The zero-order valence-electron chi connectivity index (χ0n) is 18.3. The number of ether oxygens (including phenoxy) is 2. The number of anilines is 2. The van der Waals surface area contributed by atoms with Crippen molar-refractivity contribution < 1.29 is 23.5 Å². The van der Waals surface area contributed by atoms with E-state index in [0.29, 0.717) is 48.3 Å². The van der Waals surface area contributed by atoms with Crippen molar-refractivity contribution in [3.05, 3.63) is 70.9 Å². The first-order valence-electron chi connectivity index (χ1n) is 10.5. The Bertz CT molecular complexity index is 1220. The van der Waals surface area contributed by atoms with Crippen LogP contribution in [0.2, 0.25) is 5.02 Å². The average molecular weight is 500 g/mol. The molecule has 1 saturated heterocycles. The minimum absolute atomic E-state index is 0.0576. The van der Waals surface area contributed by atoms with E-state index in [0.717, 1.165) is 11.3 Å². The second-order valence-corrected chi connectivity index (χ2v) is 8.25. The number of nitrogens with zero attached hydrogens (tertiary/aromatic N) is 1. The van der Waals surface area contributed by atoms with Gasteiger partial charge < -0.3 is 24.1 Å². The van der Waals surface area contributed by atoms with Crippen LogP contribution in [0.25, 0.3) is 11.3 Å². The molecule has 0 unspecified atom stereocenters. The molecule has 34 heavy (non-hydrogen) atoms. The molecule has 4 rings (SSSR count). The molecule has 176 valence electrons. The Balaban J connectivity index is 1.49. The third-order valence-corrected chi connectivity index (χ3v) is 5.62. The van der Waals surface area contributed by atoms with Gasteiger partial charge in [-0.25, -0.2) is 4.79 Å². The Morgan fingerprint density at radius 2 is 1.88 bits per heavy atom. The number of halogens is 1. The van der Waals surface area contributed by atoms with Crippen LogP contribution >= 0.6 is 23.8 Å². The second-order valence-electron chi connectivity index (χ2n) is 7.41. The highest BCUT2D eigenvalue weighted by Gasteiger charge is 2.19. The van der Waals surface area contributed by atoms with E-state index >= 15 is 0 Å². The molecular weight excluding hydrogens is 478 g/mol. The summed E-state index contributed by atoms with van der Waals surface area (Å²) in [5, 5.41) is 6.26. The van der Waals surface area contributed by atoms with Gasteiger partial charge in [0.05, 0.1) is 37.3 Å². The fourth-order valence-corrected chi connectivity index (χ4v) is 3.93. The Kier molecular flexibility index (Phi) is 7.46. The predicted molar refractivity (Wildman–Crippen MR) is 134 cm³/mol. The number of morpholine rings is 1. The van der Waals surface area contributed by atoms with E-state index in [1.54, 1.807) is 42.5 Å². The monoisotopic (exact) mass is 499 g/mol. The summed E-state index contributed by atoms with van der Waals surface area (Å²) in [4.78, 5) is 26.9. The highest BCUT2D eigenvalue weighted by molar-refractivity contribution is 7.80. The zero-order chi connectivity index (χ0) is 24.1. The van der Waals surface area contributed by atoms with E-state index in [2.05, 4.69) is 15.5 Å². The fourth-order valence-electron chi connectivity index (χ4n) is 3.54. The largest absolute Gasteiger partial charge is 0.465 e. The summed E-state index contributed by atoms with van der Waals surface area (Å²) in [5.74, 6) is -0.388. The first kappa shape index (κ1) is 23.7. The van der Waals surface area contributed by atoms with Gasteiger partial charge in [0, 0.05) is 23.7 Å². The highest BCUT2D eigenvalue weighted by atomic mass is 35.5. The van der Waals surface area contributed by atoms with Crippen molar-refractivity contribution in [2.45, 2.75) is 0 Å². The number of methoxy groups -OCH3 is 1. The maximum atomic E-state index is 12.7. The highest BCUT2D eigenvalue weighted by Crippen LogP contribution is 2.29. The van der Waals surface area contributed by atoms with Crippen LogP contribution in [0.5, 0.6) is 0 Å². The van der Waals surface area contributed by atoms with Crippen LogP contribution in [0, 0.1) is 0 Å². The van der Waals surface area contributed by atoms with Crippen molar-refractivity contribution in [3.63, 3.8) is 0 Å². The van der Waals surface area contributed by atoms with Crippen molar-refractivity contribution in [2.75, 3.05) is 43.6 Å². The van der Waals surface area contributed by atoms with E-state index < -0.39 is 11.9 Å². The molecule has 8 nitrogen and oxygen atoms in total. The molecule has 1 amide bonds. The summed E-state index contributed by atoms with van der Waals surface area (Å²) in [7, 11) is 1.32. The average Bonchev–Trinajstić information content (AvgIpc) is 3.35. The van der Waals surface area contributed by atoms with Gasteiger partial charge in [-0.3, -0.25) is 10.1 Å². The Morgan fingerprint density at radius 1 is 1.09 bits per heavy atom. The molecule has 10 heteroatoms. The molecule has 0 spiro atoms. The number of amides is 1. The zero-order valence-corrected chi connectivity index (χ0v) is 19.9. The molecule has 0 aliphatic carbocycles. The third-order valence-electron chi connectivity index (χ3n) is 5.18. The van der Waals surface area contributed by atoms with E-state index in [-0.39, 0.29) is 10.9 Å². The van der Waals surface area contributed by atoms with E-state index in [1.165, 1.54) is 7.11 Å². The van der Waals surface area contributed by atoms with Crippen LogP contribution in [0.3, 0.4) is 0 Å². The van der Waals surface area contributed by atoms with Gasteiger partial charge in [-0.1, -0.05) is 23.7 Å². The van der Waals surface area contributed by atoms with Gasteiger partial charge >= 0.3 is 5.97 Å². The summed E-state index contributed by atoms with van der Waals surface area (Å²) < 4.78 is 15.9. The van der Waals surface area contributed by atoms with E-state index in [4.69, 9.17) is 37.7 Å². The number of hydrogen-bond donors (Lipinski definition) is 2. The number of carbonyl (C=O) groups is 2. The molecule has 2 heterocycles. The van der Waals surface area contributed by atoms with Crippen molar-refractivity contribution in [1.82, 2.24) is 5.32 Å². The van der Waals surface area contributed by atoms with Gasteiger partial charge in [0.25, 0.3) is 5.91 Å². The Labute approximate surface area is 206 Å². The number of carbonyl (C=O) groups excluding carboxylic acids is 2. The molecule has 1 fully saturated rings. The van der Waals surface area contributed by atoms with E-state index in [9.17, 15) is 9.59 Å². The van der Waals surface area contributed by atoms with Gasteiger partial charge in [-0.15, -0.1) is 0 Å². The van der Waals surface area contributed by atoms with Crippen LogP contribution in [0.4, 0.5) is 11.4 Å². The molecule has 1 aromatic heterocycles. The van der Waals surface area contributed by atoms with Gasteiger partial charge in [-0.05, 0) is 54.7 Å². The number of nitrogens with one attached hydrogen (secondary N) is 2. The minimum atomic E-state index is -0.511. The predicted octanol–water partition coefficient (Wildman–Crippen LogP) is 4.35. The SMILES string of the molecule is COC(=O)c1ccc(N2CCOCC2)c(NC(=S)NC(=O)c2ccc(-c3cccc(Cl)c3)o2)c1. The molecule has 2 N–H and O–H groups in total. The first-order valence-corrected chi connectivity index (χ1v) is 11.3. The summed E-state index contributed by atoms with van der Waals surface area (Å²) in [5.41, 5.74) is 2.50. The second kappa shape index (κ2) is 10.7. The fraction of sp³-hybridized carbons (Fsp3) is 0.208. The van der Waals surface area contributed by atoms with Gasteiger partial charge in [-0.2, -0.15) is 0 Å². The van der Waals surface area contributed by atoms with Gasteiger partial charge in [0.15, 0.2) is 10.9 Å². The van der Waals surface area contributed by atoms with Crippen molar-refractivity contribution in [1.29, 1.82) is 0 Å². The topological polar surface area (TPSA) is 93.0 Å². The van der Waals surface area contributed by atoms with Crippen LogP contribution < -0.4 is 15.5 Å². The van der Waals surface area contributed by atoms with Gasteiger partial charge in [0.2, 0.25) is 0 Å². The van der Waals surface area contributed by atoms with Crippen molar-refractivity contribution in [2.24, 2.45) is 0 Å². The minimum Gasteiger partial charge on any atom is -0.465 e. The molecule has 1 aliphatic heterocycles. The normalized spacial score (nSPS) is 13.3. The molecule has 1 aliphatic rings. The lowest BCUT2D eigenvalue weighted by Gasteiger charge is -2.31. The maximum Gasteiger partial charge on any atom is 0.337 e. The molecule has 3 aromatic rings. The summed E-state index contributed by atoms with van der Waals surface area (Å²) in [6.07, 6.45) is 0. The van der Waals surface area contributed by atoms with Crippen LogP contribution in [0.1, 0.15) is 20.9 Å². The lowest BCUT2D eigenvalue weighted by atomic mass is 10.1. The lowest BCUT2D eigenvalue weighted by Crippen LogP contribution is -2.38. The molecule has 0 atom stereocenters. The maximum absolute atomic E-state index is 12.7. The van der Waals surface area contributed by atoms with Gasteiger partial charge in [0.1, 0.15) is 5.76 Å². The standard InChI is InChI=1S/C24H22ClN3O5S/c1-31-23(30)16-5-6-19(28-9-11-32-12-10-28)18(14-16)26-24(34)27-22(29)21-8-7-20(33-21)15-3-2-4-17(25)13-15/h2-8,13-14H,9-12H2,1H3,(H2,26,27,29,34). The first-order chi connectivity index (χ1) is 16.4. The number of rotatable bonds is 5. The Hall–Kier alpha value is -3.40. The molecular formula is C24H22ClN3O5S. The molecule has 2 aromatic carbocycles. The quantitative estimate of drug-likeness (QED) is 0.395. The molecule has 0 saturated carbocycles. The lowest BCUT2D eigenvalue weighted by molar-refractivity contribution is 0.0600. The Morgan fingerprint density at radius 3 is 2.62 bits per heavy atom. The molecule has 0 radical (unpaired) electrons. The number of hydrogen-bond acceptors (Lipinski definition) is 7.